The fourth-order valence-electron chi connectivity index (χ4n) is 0.643. The van der Waals surface area contributed by atoms with Crippen molar-refractivity contribution in [3.8, 4) is 0 Å². The highest BCUT2D eigenvalue weighted by atomic mass is 16.2. The number of aliphatic hydroxyl groups excluding tert-OH is 1. The van der Waals surface area contributed by atoms with Crippen LogP contribution in [0.1, 0.15) is 12.1 Å². The zero-order valence-electron chi connectivity index (χ0n) is 5.62. The highest BCUT2D eigenvalue weighted by molar-refractivity contribution is 5.42. The van der Waals surface area contributed by atoms with Crippen LogP contribution in [0.5, 0.6) is 0 Å². The number of hydrogen-bond acceptors (Lipinski definition) is 2. The number of nitrogens with zero attached hydrogens (tertiary/aromatic N) is 1. The van der Waals surface area contributed by atoms with Crippen molar-refractivity contribution in [3.63, 3.8) is 0 Å². The van der Waals surface area contributed by atoms with E-state index in [2.05, 4.69) is 9.97 Å². The summed E-state index contributed by atoms with van der Waals surface area (Å²) in [5.41, 5.74) is 0.966. The molecule has 1 aromatic heterocycles. The Morgan fingerprint density at radius 1 is 1.70 bits per heavy atom. The summed E-state index contributed by atoms with van der Waals surface area (Å²) < 4.78 is 0. The lowest BCUT2D eigenvalue weighted by molar-refractivity contribution is 0.303. The quantitative estimate of drug-likeness (QED) is 0.649. The number of H-pyrrole nitrogens is 1. The fraction of sp³-hybridized carbons (Fsp3) is 0.286. The number of hydrogen-bond donors (Lipinski definition) is 2. The highest BCUT2D eigenvalue weighted by Crippen LogP contribution is 1.94. The summed E-state index contributed by atoms with van der Waals surface area (Å²) in [6.07, 6.45) is 7.84. The van der Waals surface area contributed by atoms with Gasteiger partial charge in [-0.1, -0.05) is 6.08 Å². The van der Waals surface area contributed by atoms with Gasteiger partial charge in [-0.15, -0.1) is 0 Å². The first-order chi connectivity index (χ1) is 4.93. The number of aromatic amines is 1. The van der Waals surface area contributed by atoms with E-state index in [4.69, 9.17) is 5.11 Å². The molecule has 0 unspecified atom stereocenters. The van der Waals surface area contributed by atoms with Crippen LogP contribution in [0, 0.1) is 0 Å². The molecule has 1 aromatic rings. The van der Waals surface area contributed by atoms with Gasteiger partial charge in [-0.25, -0.2) is 4.98 Å². The minimum absolute atomic E-state index is 0.199. The van der Waals surface area contributed by atoms with Gasteiger partial charge in [0.2, 0.25) is 0 Å². The van der Waals surface area contributed by atoms with E-state index in [1.165, 1.54) is 0 Å². The number of aliphatic hydroxyl groups is 1. The maximum Gasteiger partial charge on any atom is 0.0924 e. The SMILES string of the molecule is OCC/C=C/c1cnc[nH]1. The lowest BCUT2D eigenvalue weighted by atomic mass is 10.3. The third kappa shape index (κ3) is 2.03. The number of nitrogens with one attached hydrogen (secondary N) is 1. The molecule has 1 rings (SSSR count). The van der Waals surface area contributed by atoms with Gasteiger partial charge in [-0.2, -0.15) is 0 Å². The molecule has 0 aliphatic heterocycles. The predicted molar refractivity (Wildman–Crippen MR) is 39.3 cm³/mol. The second kappa shape index (κ2) is 3.85. The second-order valence-corrected chi connectivity index (χ2v) is 1.92. The molecule has 10 heavy (non-hydrogen) atoms. The zero-order chi connectivity index (χ0) is 7.23. The van der Waals surface area contributed by atoms with Crippen LogP contribution in [0.15, 0.2) is 18.6 Å². The van der Waals surface area contributed by atoms with Gasteiger partial charge in [0.1, 0.15) is 0 Å². The average molecular weight is 138 g/mol. The summed E-state index contributed by atoms with van der Waals surface area (Å²) in [7, 11) is 0. The summed E-state index contributed by atoms with van der Waals surface area (Å²) in [6.45, 7) is 0.199. The number of imidazole rings is 1. The predicted octanol–water partition coefficient (Wildman–Crippen LogP) is 0.805. The van der Waals surface area contributed by atoms with Crippen molar-refractivity contribution in [2.45, 2.75) is 6.42 Å². The number of aromatic nitrogens is 2. The third-order valence-electron chi connectivity index (χ3n) is 1.11. The molecule has 3 heteroatoms. The standard InChI is InChI=1S/C7H10N2O/c10-4-2-1-3-7-5-8-6-9-7/h1,3,5-6,10H,2,4H2,(H,8,9)/b3-1+. The molecule has 2 N–H and O–H groups in total. The van der Waals surface area contributed by atoms with Crippen molar-refractivity contribution in [2.24, 2.45) is 0 Å². The molecule has 54 valence electrons. The fourth-order valence-corrected chi connectivity index (χ4v) is 0.643. The Bertz CT molecular complexity index is 191. The lowest BCUT2D eigenvalue weighted by Crippen LogP contribution is -1.75. The molecule has 3 nitrogen and oxygen atoms in total. The van der Waals surface area contributed by atoms with E-state index in [-0.39, 0.29) is 6.61 Å². The van der Waals surface area contributed by atoms with Gasteiger partial charge < -0.3 is 10.1 Å². The third-order valence-corrected chi connectivity index (χ3v) is 1.11. The van der Waals surface area contributed by atoms with E-state index >= 15 is 0 Å². The molecule has 0 radical (unpaired) electrons. The largest absolute Gasteiger partial charge is 0.396 e. The molecule has 0 bridgehead atoms. The maximum absolute atomic E-state index is 8.42. The molecule has 0 spiro atoms. The first-order valence-corrected chi connectivity index (χ1v) is 3.19. The Labute approximate surface area is 59.4 Å². The van der Waals surface area contributed by atoms with Gasteiger partial charge in [0.15, 0.2) is 0 Å². The first-order valence-electron chi connectivity index (χ1n) is 3.19. The van der Waals surface area contributed by atoms with Crippen LogP contribution < -0.4 is 0 Å². The minimum Gasteiger partial charge on any atom is -0.396 e. The Hall–Kier alpha value is -1.09. The Kier molecular flexibility index (Phi) is 2.70. The molecule has 0 amide bonds. The van der Waals surface area contributed by atoms with E-state index in [0.717, 1.165) is 5.69 Å². The Balaban J connectivity index is 2.40. The smallest absolute Gasteiger partial charge is 0.0924 e. The van der Waals surface area contributed by atoms with Crippen LogP contribution in [0.25, 0.3) is 6.08 Å². The van der Waals surface area contributed by atoms with Gasteiger partial charge in [0, 0.05) is 6.61 Å². The molecular weight excluding hydrogens is 128 g/mol. The van der Waals surface area contributed by atoms with Crippen LogP contribution in [0.4, 0.5) is 0 Å². The minimum atomic E-state index is 0.199. The maximum atomic E-state index is 8.42. The molecule has 1 heterocycles. The monoisotopic (exact) mass is 138 g/mol. The number of rotatable bonds is 3. The van der Waals surface area contributed by atoms with Gasteiger partial charge in [0.05, 0.1) is 18.2 Å². The Morgan fingerprint density at radius 3 is 3.20 bits per heavy atom. The van der Waals surface area contributed by atoms with Crippen LogP contribution in [0.2, 0.25) is 0 Å². The normalized spacial score (nSPS) is 10.9. The van der Waals surface area contributed by atoms with Gasteiger partial charge in [-0.05, 0) is 12.5 Å². The molecular formula is C7H10N2O. The van der Waals surface area contributed by atoms with E-state index in [0.29, 0.717) is 6.42 Å². The van der Waals surface area contributed by atoms with Crippen LogP contribution in [-0.2, 0) is 0 Å². The van der Waals surface area contributed by atoms with E-state index < -0.39 is 0 Å². The van der Waals surface area contributed by atoms with Crippen molar-refractivity contribution < 1.29 is 5.11 Å². The average Bonchev–Trinajstić information content (AvgIpc) is 2.41. The lowest BCUT2D eigenvalue weighted by Gasteiger charge is -1.83. The first kappa shape index (κ1) is 7.02. The molecule has 0 fully saturated rings. The molecule has 0 saturated carbocycles. The summed E-state index contributed by atoms with van der Waals surface area (Å²) in [5, 5.41) is 8.42. The molecule has 0 aliphatic rings. The van der Waals surface area contributed by atoms with Gasteiger partial charge in [-0.3, -0.25) is 0 Å². The van der Waals surface area contributed by atoms with Crippen LogP contribution in [-0.4, -0.2) is 21.7 Å². The highest BCUT2D eigenvalue weighted by Gasteiger charge is 1.82. The van der Waals surface area contributed by atoms with Crippen molar-refractivity contribution in [3.05, 3.63) is 24.3 Å². The van der Waals surface area contributed by atoms with E-state index in [1.807, 2.05) is 12.2 Å². The van der Waals surface area contributed by atoms with Crippen molar-refractivity contribution in [1.82, 2.24) is 9.97 Å². The summed E-state index contributed by atoms with van der Waals surface area (Å²) in [6, 6.07) is 0. The van der Waals surface area contributed by atoms with Gasteiger partial charge >= 0.3 is 0 Å². The summed E-state index contributed by atoms with van der Waals surface area (Å²) >= 11 is 0. The molecule has 0 atom stereocenters. The van der Waals surface area contributed by atoms with Crippen LogP contribution in [0.3, 0.4) is 0 Å². The Morgan fingerprint density at radius 2 is 2.60 bits per heavy atom. The molecule has 0 saturated heterocycles. The van der Waals surface area contributed by atoms with Crippen molar-refractivity contribution in [2.75, 3.05) is 6.61 Å². The van der Waals surface area contributed by atoms with Gasteiger partial charge in [0.25, 0.3) is 0 Å². The van der Waals surface area contributed by atoms with Crippen LogP contribution >= 0.6 is 0 Å². The second-order valence-electron chi connectivity index (χ2n) is 1.92. The van der Waals surface area contributed by atoms with E-state index in [9.17, 15) is 0 Å². The topological polar surface area (TPSA) is 48.9 Å². The zero-order valence-corrected chi connectivity index (χ0v) is 5.62. The molecule has 0 aromatic carbocycles. The van der Waals surface area contributed by atoms with Crippen molar-refractivity contribution in [1.29, 1.82) is 0 Å². The molecule has 0 aliphatic carbocycles. The van der Waals surface area contributed by atoms with Crippen molar-refractivity contribution >= 4 is 6.08 Å². The summed E-state index contributed by atoms with van der Waals surface area (Å²) in [4.78, 5) is 6.75. The van der Waals surface area contributed by atoms with E-state index in [1.54, 1.807) is 12.5 Å². The summed E-state index contributed by atoms with van der Waals surface area (Å²) in [5.74, 6) is 0.